The van der Waals surface area contributed by atoms with E-state index in [0.717, 1.165) is 12.8 Å². The van der Waals surface area contributed by atoms with E-state index in [2.05, 4.69) is 65.0 Å². The van der Waals surface area contributed by atoms with Crippen molar-refractivity contribution in [2.24, 2.45) is 5.41 Å². The van der Waals surface area contributed by atoms with Crippen molar-refractivity contribution in [3.63, 3.8) is 0 Å². The van der Waals surface area contributed by atoms with Gasteiger partial charge in [-0.25, -0.2) is 0 Å². The van der Waals surface area contributed by atoms with E-state index in [4.69, 9.17) is 0 Å². The van der Waals surface area contributed by atoms with Crippen LogP contribution in [0.2, 0.25) is 0 Å². The van der Waals surface area contributed by atoms with E-state index in [1.165, 1.54) is 16.7 Å². The minimum absolute atomic E-state index is 0.376. The van der Waals surface area contributed by atoms with E-state index in [1.54, 1.807) is 0 Å². The minimum Gasteiger partial charge on any atom is -0.0815 e. The molecule has 1 aromatic carbocycles. The summed E-state index contributed by atoms with van der Waals surface area (Å²) in [6.45, 7) is 11.1. The van der Waals surface area contributed by atoms with Crippen LogP contribution in [0.15, 0.2) is 35.9 Å². The van der Waals surface area contributed by atoms with Crippen molar-refractivity contribution in [3.05, 3.63) is 47.0 Å². The molecular formula is C16H24. The van der Waals surface area contributed by atoms with E-state index in [9.17, 15) is 0 Å². The number of rotatable bonds is 3. The molecule has 0 aromatic heterocycles. The molecule has 0 amide bonds. The monoisotopic (exact) mass is 216 g/mol. The van der Waals surface area contributed by atoms with E-state index in [-0.39, 0.29) is 0 Å². The van der Waals surface area contributed by atoms with Crippen LogP contribution >= 0.6 is 0 Å². The SMILES string of the molecule is CC(C)=CCc1ccc(CC(C)(C)C)cc1. The van der Waals surface area contributed by atoms with Gasteiger partial charge >= 0.3 is 0 Å². The van der Waals surface area contributed by atoms with Gasteiger partial charge in [0.1, 0.15) is 0 Å². The second-order valence-electron chi connectivity index (χ2n) is 6.04. The Hall–Kier alpha value is -1.04. The first-order chi connectivity index (χ1) is 7.37. The molecule has 0 N–H and O–H groups in total. The summed E-state index contributed by atoms with van der Waals surface area (Å²) in [6.07, 6.45) is 4.48. The van der Waals surface area contributed by atoms with Crippen LogP contribution in [-0.2, 0) is 12.8 Å². The van der Waals surface area contributed by atoms with Gasteiger partial charge in [-0.2, -0.15) is 0 Å². The van der Waals surface area contributed by atoms with Gasteiger partial charge in [0.05, 0.1) is 0 Å². The summed E-state index contributed by atoms with van der Waals surface area (Å²) in [5, 5.41) is 0. The molecule has 1 rings (SSSR count). The van der Waals surface area contributed by atoms with Crippen molar-refractivity contribution in [3.8, 4) is 0 Å². The molecule has 0 bridgehead atoms. The zero-order chi connectivity index (χ0) is 12.2. The molecule has 88 valence electrons. The fraction of sp³-hybridized carbons (Fsp3) is 0.500. The molecule has 0 nitrogen and oxygen atoms in total. The topological polar surface area (TPSA) is 0 Å². The Balaban J connectivity index is 2.65. The average molecular weight is 216 g/mol. The normalized spacial score (nSPS) is 11.3. The molecule has 0 saturated carbocycles. The molecule has 0 saturated heterocycles. The molecule has 0 radical (unpaired) electrons. The summed E-state index contributed by atoms with van der Waals surface area (Å²) in [5.41, 5.74) is 4.60. The third kappa shape index (κ3) is 5.16. The lowest BCUT2D eigenvalue weighted by Crippen LogP contribution is -2.08. The Kier molecular flexibility index (Phi) is 4.35. The first-order valence-electron chi connectivity index (χ1n) is 6.08. The molecule has 0 aliphatic carbocycles. The first-order valence-corrected chi connectivity index (χ1v) is 6.08. The molecule has 0 heteroatoms. The summed E-state index contributed by atoms with van der Waals surface area (Å²) in [5.74, 6) is 0. The van der Waals surface area contributed by atoms with Crippen LogP contribution < -0.4 is 0 Å². The highest BCUT2D eigenvalue weighted by molar-refractivity contribution is 5.25. The Morgan fingerprint density at radius 2 is 1.50 bits per heavy atom. The van der Waals surface area contributed by atoms with Crippen LogP contribution in [0.25, 0.3) is 0 Å². The van der Waals surface area contributed by atoms with Gasteiger partial charge < -0.3 is 0 Å². The molecule has 16 heavy (non-hydrogen) atoms. The number of hydrogen-bond donors (Lipinski definition) is 0. The fourth-order valence-electron chi connectivity index (χ4n) is 1.73. The molecule has 0 atom stereocenters. The van der Waals surface area contributed by atoms with Gasteiger partial charge in [-0.1, -0.05) is 56.7 Å². The van der Waals surface area contributed by atoms with Crippen LogP contribution in [0.5, 0.6) is 0 Å². The van der Waals surface area contributed by atoms with Crippen molar-refractivity contribution >= 4 is 0 Å². The highest BCUT2D eigenvalue weighted by Crippen LogP contribution is 2.20. The van der Waals surface area contributed by atoms with Crippen LogP contribution in [0.4, 0.5) is 0 Å². The van der Waals surface area contributed by atoms with Crippen molar-refractivity contribution in [2.75, 3.05) is 0 Å². The molecule has 0 unspecified atom stereocenters. The second kappa shape index (κ2) is 5.34. The number of allylic oxidation sites excluding steroid dienone is 2. The van der Waals surface area contributed by atoms with Gasteiger partial charge in [0.2, 0.25) is 0 Å². The van der Waals surface area contributed by atoms with Crippen LogP contribution in [0.1, 0.15) is 45.7 Å². The van der Waals surface area contributed by atoms with Gasteiger partial charge in [-0.3, -0.25) is 0 Å². The Morgan fingerprint density at radius 3 is 1.94 bits per heavy atom. The van der Waals surface area contributed by atoms with E-state index in [1.807, 2.05) is 0 Å². The van der Waals surface area contributed by atoms with Crippen LogP contribution in [0.3, 0.4) is 0 Å². The largest absolute Gasteiger partial charge is 0.0815 e. The van der Waals surface area contributed by atoms with E-state index < -0.39 is 0 Å². The van der Waals surface area contributed by atoms with Crippen molar-refractivity contribution < 1.29 is 0 Å². The predicted molar refractivity (Wildman–Crippen MR) is 72.7 cm³/mol. The highest BCUT2D eigenvalue weighted by atomic mass is 14.2. The lowest BCUT2D eigenvalue weighted by atomic mass is 9.88. The molecule has 1 aromatic rings. The predicted octanol–water partition coefficient (Wildman–Crippen LogP) is 4.78. The molecular weight excluding hydrogens is 192 g/mol. The summed E-state index contributed by atoms with van der Waals surface area (Å²) < 4.78 is 0. The Bertz CT molecular complexity index is 343. The Labute approximate surface area is 100 Å². The zero-order valence-corrected chi connectivity index (χ0v) is 11.3. The molecule has 0 fully saturated rings. The summed E-state index contributed by atoms with van der Waals surface area (Å²) in [6, 6.07) is 9.03. The Morgan fingerprint density at radius 1 is 1.00 bits per heavy atom. The molecule has 0 aliphatic rings. The fourth-order valence-corrected chi connectivity index (χ4v) is 1.73. The van der Waals surface area contributed by atoms with Gasteiger partial charge in [-0.05, 0) is 43.2 Å². The zero-order valence-electron chi connectivity index (χ0n) is 11.3. The van der Waals surface area contributed by atoms with Crippen LogP contribution in [0, 0.1) is 5.41 Å². The average Bonchev–Trinajstić information content (AvgIpc) is 2.14. The summed E-state index contributed by atoms with van der Waals surface area (Å²) in [7, 11) is 0. The highest BCUT2D eigenvalue weighted by Gasteiger charge is 2.10. The number of hydrogen-bond acceptors (Lipinski definition) is 0. The summed E-state index contributed by atoms with van der Waals surface area (Å²) >= 11 is 0. The first kappa shape index (κ1) is 13.0. The van der Waals surface area contributed by atoms with Gasteiger partial charge in [0.25, 0.3) is 0 Å². The number of benzene rings is 1. The maximum absolute atomic E-state index is 2.28. The minimum atomic E-state index is 0.376. The molecule has 0 spiro atoms. The van der Waals surface area contributed by atoms with Gasteiger partial charge in [0.15, 0.2) is 0 Å². The maximum Gasteiger partial charge on any atom is -0.00950 e. The third-order valence-electron chi connectivity index (χ3n) is 2.50. The van der Waals surface area contributed by atoms with Gasteiger partial charge in [0, 0.05) is 0 Å². The maximum atomic E-state index is 2.28. The van der Waals surface area contributed by atoms with Crippen LogP contribution in [-0.4, -0.2) is 0 Å². The van der Waals surface area contributed by atoms with Crippen molar-refractivity contribution in [1.29, 1.82) is 0 Å². The molecule has 0 aliphatic heterocycles. The lowest BCUT2D eigenvalue weighted by molar-refractivity contribution is 0.411. The van der Waals surface area contributed by atoms with Crippen molar-refractivity contribution in [1.82, 2.24) is 0 Å². The summed E-state index contributed by atoms with van der Waals surface area (Å²) in [4.78, 5) is 0. The van der Waals surface area contributed by atoms with Crippen molar-refractivity contribution in [2.45, 2.75) is 47.5 Å². The second-order valence-corrected chi connectivity index (χ2v) is 6.04. The lowest BCUT2D eigenvalue weighted by Gasteiger charge is -2.18. The standard InChI is InChI=1S/C16H24/c1-13(2)6-7-14-8-10-15(11-9-14)12-16(3,4)5/h6,8-11H,7,12H2,1-5H3. The quantitative estimate of drug-likeness (QED) is 0.638. The molecule has 0 heterocycles. The van der Waals surface area contributed by atoms with E-state index in [0.29, 0.717) is 5.41 Å². The van der Waals surface area contributed by atoms with E-state index >= 15 is 0 Å². The smallest absolute Gasteiger partial charge is 0.00950 e. The van der Waals surface area contributed by atoms with Gasteiger partial charge in [-0.15, -0.1) is 0 Å². The third-order valence-corrected chi connectivity index (χ3v) is 2.50.